The van der Waals surface area contributed by atoms with Gasteiger partial charge < -0.3 is 19.1 Å². The second-order valence-corrected chi connectivity index (χ2v) is 9.44. The zero-order chi connectivity index (χ0) is 24.2. The van der Waals surface area contributed by atoms with Crippen molar-refractivity contribution < 1.29 is 31.8 Å². The number of methoxy groups -OCH3 is 3. The summed E-state index contributed by atoms with van der Waals surface area (Å²) in [5, 5.41) is -0.262. The topological polar surface area (TPSA) is 85.4 Å². The minimum absolute atomic E-state index is 0.0871. The molecule has 11 heteroatoms. The Bertz CT molecular complexity index is 1140. The summed E-state index contributed by atoms with van der Waals surface area (Å²) in [5.74, 6) is 0.422. The fraction of sp³-hybridized carbons (Fsp3) is 0.318. The first-order valence-electron chi connectivity index (χ1n) is 9.93. The van der Waals surface area contributed by atoms with Gasteiger partial charge in [0.15, 0.2) is 11.5 Å². The van der Waals surface area contributed by atoms with Gasteiger partial charge in [-0.15, -0.1) is 0 Å². The maximum absolute atomic E-state index is 13.4. The van der Waals surface area contributed by atoms with Crippen molar-refractivity contribution in [2.45, 2.75) is 4.90 Å². The third-order valence-electron chi connectivity index (χ3n) is 5.18. The predicted molar refractivity (Wildman–Crippen MR) is 122 cm³/mol. The van der Waals surface area contributed by atoms with Crippen molar-refractivity contribution in [3.05, 3.63) is 52.8 Å². The fourth-order valence-electron chi connectivity index (χ4n) is 3.41. The molecule has 2 aromatic carbocycles. The smallest absolute Gasteiger partial charge is 0.246 e. The predicted octanol–water partition coefficient (Wildman–Crippen LogP) is 3.05. The lowest BCUT2D eigenvalue weighted by Crippen LogP contribution is -2.50. The van der Waals surface area contributed by atoms with E-state index in [0.29, 0.717) is 22.8 Å². The van der Waals surface area contributed by atoms with Crippen LogP contribution in [0.2, 0.25) is 5.02 Å². The zero-order valence-electron chi connectivity index (χ0n) is 18.4. The van der Waals surface area contributed by atoms with Crippen molar-refractivity contribution in [3.63, 3.8) is 0 Å². The molecule has 2 aromatic rings. The Labute approximate surface area is 197 Å². The molecule has 0 unspecified atom stereocenters. The van der Waals surface area contributed by atoms with Crippen LogP contribution in [0.15, 0.2) is 41.3 Å². The van der Waals surface area contributed by atoms with Crippen molar-refractivity contribution in [1.82, 2.24) is 9.21 Å². The Hall–Kier alpha value is -2.82. The van der Waals surface area contributed by atoms with Gasteiger partial charge >= 0.3 is 0 Å². The van der Waals surface area contributed by atoms with E-state index in [4.69, 9.17) is 25.8 Å². The van der Waals surface area contributed by atoms with Crippen LogP contribution in [0.4, 0.5) is 4.39 Å². The standard InChI is InChI=1S/C22H24ClFN2O6S/c1-30-19-12-15(13-20(31-2)22(19)32-3)4-7-21(27)25-8-10-26(11-9-25)33(28,29)16-5-6-18(24)17(23)14-16/h4-7,12-14H,8-11H2,1-3H3/b7-4+. The Morgan fingerprint density at radius 1 is 1.00 bits per heavy atom. The molecular formula is C22H24ClFN2O6S. The number of benzene rings is 2. The van der Waals surface area contributed by atoms with E-state index in [1.54, 1.807) is 23.1 Å². The maximum Gasteiger partial charge on any atom is 0.246 e. The molecule has 0 atom stereocenters. The molecule has 1 aliphatic rings. The van der Waals surface area contributed by atoms with Gasteiger partial charge in [0.25, 0.3) is 0 Å². The van der Waals surface area contributed by atoms with Gasteiger partial charge in [-0.1, -0.05) is 11.6 Å². The molecule has 178 valence electrons. The highest BCUT2D eigenvalue weighted by Crippen LogP contribution is 2.38. The quantitative estimate of drug-likeness (QED) is 0.545. The lowest BCUT2D eigenvalue weighted by molar-refractivity contribution is -0.127. The van der Waals surface area contributed by atoms with Crippen LogP contribution in [-0.2, 0) is 14.8 Å². The van der Waals surface area contributed by atoms with Crippen molar-refractivity contribution in [2.24, 2.45) is 0 Å². The molecule has 1 fully saturated rings. The van der Waals surface area contributed by atoms with Crippen LogP contribution in [0.25, 0.3) is 6.08 Å². The molecule has 0 aromatic heterocycles. The summed E-state index contributed by atoms with van der Waals surface area (Å²) < 4.78 is 56.1. The van der Waals surface area contributed by atoms with E-state index >= 15 is 0 Å². The molecule has 1 heterocycles. The van der Waals surface area contributed by atoms with Gasteiger partial charge in [-0.2, -0.15) is 4.31 Å². The van der Waals surface area contributed by atoms with Crippen molar-refractivity contribution in [1.29, 1.82) is 0 Å². The number of hydrogen-bond donors (Lipinski definition) is 0. The SMILES string of the molecule is COc1cc(/C=C/C(=O)N2CCN(S(=O)(=O)c3ccc(F)c(Cl)c3)CC2)cc(OC)c1OC. The van der Waals surface area contributed by atoms with E-state index in [0.717, 1.165) is 12.1 Å². The number of nitrogens with zero attached hydrogens (tertiary/aromatic N) is 2. The highest BCUT2D eigenvalue weighted by atomic mass is 35.5. The molecule has 0 N–H and O–H groups in total. The first-order valence-corrected chi connectivity index (χ1v) is 11.7. The molecular weight excluding hydrogens is 475 g/mol. The van der Waals surface area contributed by atoms with E-state index in [9.17, 15) is 17.6 Å². The van der Waals surface area contributed by atoms with Crippen molar-refractivity contribution >= 4 is 33.6 Å². The first kappa shape index (κ1) is 24.8. The average molecular weight is 499 g/mol. The highest BCUT2D eigenvalue weighted by molar-refractivity contribution is 7.89. The lowest BCUT2D eigenvalue weighted by atomic mass is 10.1. The minimum atomic E-state index is -3.84. The van der Waals surface area contributed by atoms with Crippen LogP contribution in [-0.4, -0.2) is 71.0 Å². The van der Waals surface area contributed by atoms with Crippen molar-refractivity contribution in [3.8, 4) is 17.2 Å². The van der Waals surface area contributed by atoms with E-state index in [2.05, 4.69) is 0 Å². The van der Waals surface area contributed by atoms with Crippen LogP contribution in [0.5, 0.6) is 17.2 Å². The van der Waals surface area contributed by atoms with Gasteiger partial charge in [0, 0.05) is 32.3 Å². The number of hydrogen-bond acceptors (Lipinski definition) is 6. The Balaban J connectivity index is 1.67. The minimum Gasteiger partial charge on any atom is -0.493 e. The summed E-state index contributed by atoms with van der Waals surface area (Å²) in [4.78, 5) is 14.1. The number of rotatable bonds is 7. The third-order valence-corrected chi connectivity index (χ3v) is 7.37. The van der Waals surface area contributed by atoms with E-state index < -0.39 is 15.8 Å². The second-order valence-electron chi connectivity index (χ2n) is 7.10. The fourth-order valence-corrected chi connectivity index (χ4v) is 5.10. The lowest BCUT2D eigenvalue weighted by Gasteiger charge is -2.33. The first-order chi connectivity index (χ1) is 15.7. The summed E-state index contributed by atoms with van der Waals surface area (Å²) in [5.41, 5.74) is 0.673. The molecule has 3 rings (SSSR count). The Morgan fingerprint density at radius 3 is 2.12 bits per heavy atom. The normalized spacial score (nSPS) is 15.0. The van der Waals surface area contributed by atoms with E-state index in [1.165, 1.54) is 37.8 Å². The van der Waals surface area contributed by atoms with Crippen LogP contribution < -0.4 is 14.2 Å². The number of piperazine rings is 1. The number of amides is 1. The van der Waals surface area contributed by atoms with Gasteiger partial charge in [0.2, 0.25) is 21.7 Å². The molecule has 8 nitrogen and oxygen atoms in total. The van der Waals surface area contributed by atoms with Gasteiger partial charge in [-0.05, 0) is 42.0 Å². The number of ether oxygens (including phenoxy) is 3. The molecule has 33 heavy (non-hydrogen) atoms. The molecule has 1 saturated heterocycles. The van der Waals surface area contributed by atoms with Crippen LogP contribution in [0.3, 0.4) is 0 Å². The van der Waals surface area contributed by atoms with Gasteiger partial charge in [0.1, 0.15) is 5.82 Å². The number of carbonyl (C=O) groups is 1. The Morgan fingerprint density at radius 2 is 1.61 bits per heavy atom. The largest absolute Gasteiger partial charge is 0.493 e. The molecule has 0 bridgehead atoms. The summed E-state index contributed by atoms with van der Waals surface area (Å²) in [7, 11) is 0.669. The Kier molecular flexibility index (Phi) is 7.83. The molecule has 1 amide bonds. The highest BCUT2D eigenvalue weighted by Gasteiger charge is 2.30. The number of carbonyl (C=O) groups excluding carboxylic acids is 1. The van der Waals surface area contributed by atoms with Gasteiger partial charge in [-0.3, -0.25) is 4.79 Å². The molecule has 0 spiro atoms. The van der Waals surface area contributed by atoms with E-state index in [1.807, 2.05) is 0 Å². The monoisotopic (exact) mass is 498 g/mol. The van der Waals surface area contributed by atoms with Crippen LogP contribution in [0.1, 0.15) is 5.56 Å². The molecule has 0 radical (unpaired) electrons. The third kappa shape index (κ3) is 5.40. The van der Waals surface area contributed by atoms with Crippen molar-refractivity contribution in [2.75, 3.05) is 47.5 Å². The maximum atomic E-state index is 13.4. The second kappa shape index (κ2) is 10.4. The molecule has 0 saturated carbocycles. The number of sulfonamides is 1. The van der Waals surface area contributed by atoms with Gasteiger partial charge in [0.05, 0.1) is 31.2 Å². The summed E-state index contributed by atoms with van der Waals surface area (Å²) in [6, 6.07) is 6.70. The summed E-state index contributed by atoms with van der Waals surface area (Å²) in [6.07, 6.45) is 3.03. The van der Waals surface area contributed by atoms with Crippen LogP contribution >= 0.6 is 11.6 Å². The average Bonchev–Trinajstić information content (AvgIpc) is 2.83. The van der Waals surface area contributed by atoms with E-state index in [-0.39, 0.29) is 42.0 Å². The summed E-state index contributed by atoms with van der Waals surface area (Å²) >= 11 is 5.72. The van der Waals surface area contributed by atoms with Crippen LogP contribution in [0, 0.1) is 5.82 Å². The zero-order valence-corrected chi connectivity index (χ0v) is 20.0. The summed E-state index contributed by atoms with van der Waals surface area (Å²) in [6.45, 7) is 0.654. The van der Waals surface area contributed by atoms with Gasteiger partial charge in [-0.25, -0.2) is 12.8 Å². The molecule has 1 aliphatic heterocycles. The molecule has 0 aliphatic carbocycles. The number of halogens is 2.